The molecule has 2 fully saturated rings. The minimum atomic E-state index is -0.400. The number of nitrogens with zero attached hydrogens (tertiary/aromatic N) is 1. The zero-order chi connectivity index (χ0) is 11.1. The molecule has 0 amide bonds. The molecule has 2 rings (SSSR count). The van der Waals surface area contributed by atoms with Crippen molar-refractivity contribution in [2.75, 3.05) is 6.54 Å². The topological polar surface area (TPSA) is 23.5 Å². The van der Waals surface area contributed by atoms with Crippen molar-refractivity contribution in [1.29, 1.82) is 0 Å². The number of allylic oxidation sites excluding steroid dienone is 1. The third-order valence-corrected chi connectivity index (χ3v) is 4.21. The molecule has 0 aromatic rings. The highest BCUT2D eigenvalue weighted by atomic mass is 16.3. The van der Waals surface area contributed by atoms with Crippen LogP contribution in [0.5, 0.6) is 0 Å². The lowest BCUT2D eigenvalue weighted by molar-refractivity contribution is -0.117. The fourth-order valence-corrected chi connectivity index (χ4v) is 2.80. The second-order valence-electron chi connectivity index (χ2n) is 5.54. The third-order valence-electron chi connectivity index (χ3n) is 4.21. The number of hydrogen-bond acceptors (Lipinski definition) is 2. The Hall–Kier alpha value is -0.500. The van der Waals surface area contributed by atoms with Gasteiger partial charge in [0.05, 0.1) is 5.60 Å². The van der Waals surface area contributed by atoms with E-state index >= 15 is 0 Å². The molecule has 0 spiro atoms. The molecule has 1 saturated heterocycles. The molecule has 0 aromatic carbocycles. The molecule has 2 heteroatoms. The van der Waals surface area contributed by atoms with Gasteiger partial charge in [-0.1, -0.05) is 20.4 Å². The molecule has 1 heterocycles. The predicted molar refractivity (Wildman–Crippen MR) is 62.5 cm³/mol. The lowest BCUT2D eigenvalue weighted by Crippen LogP contribution is -2.57. The van der Waals surface area contributed by atoms with Gasteiger partial charge < -0.3 is 10.0 Å². The van der Waals surface area contributed by atoms with Gasteiger partial charge in [0, 0.05) is 18.3 Å². The minimum Gasteiger partial charge on any atom is -0.389 e. The number of hydrogen-bond donors (Lipinski definition) is 1. The summed E-state index contributed by atoms with van der Waals surface area (Å²) in [6, 6.07) is 0.560. The smallest absolute Gasteiger partial charge is 0.0709 e. The molecule has 1 aliphatic heterocycles. The zero-order valence-electron chi connectivity index (χ0n) is 10.00. The van der Waals surface area contributed by atoms with E-state index in [1.165, 1.54) is 18.5 Å². The van der Waals surface area contributed by atoms with Gasteiger partial charge in [-0.15, -0.1) is 0 Å². The van der Waals surface area contributed by atoms with E-state index in [-0.39, 0.29) is 0 Å². The minimum absolute atomic E-state index is 0.381. The summed E-state index contributed by atoms with van der Waals surface area (Å²) < 4.78 is 0. The second kappa shape index (κ2) is 3.82. The summed E-state index contributed by atoms with van der Waals surface area (Å²) >= 11 is 0. The van der Waals surface area contributed by atoms with Crippen LogP contribution in [0, 0.1) is 5.92 Å². The van der Waals surface area contributed by atoms with Crippen molar-refractivity contribution in [3.63, 3.8) is 0 Å². The van der Waals surface area contributed by atoms with Crippen LogP contribution in [-0.2, 0) is 0 Å². The molecule has 1 N–H and O–H groups in total. The predicted octanol–water partition coefficient (Wildman–Crippen LogP) is 2.54. The average molecular weight is 209 g/mol. The standard InChI is InChI=1S/C13H23NO/c1-10(2)13(15)8-12(9-13)14-7-5-4-6-11(14)3/h10,12,15H,3-9H2,1-2H3. The van der Waals surface area contributed by atoms with Gasteiger partial charge in [0.15, 0.2) is 0 Å². The first-order chi connectivity index (χ1) is 7.03. The van der Waals surface area contributed by atoms with Crippen LogP contribution in [0.25, 0.3) is 0 Å². The molecule has 0 atom stereocenters. The molecule has 1 saturated carbocycles. The fourth-order valence-electron chi connectivity index (χ4n) is 2.80. The Kier molecular flexibility index (Phi) is 2.80. The van der Waals surface area contributed by atoms with E-state index in [4.69, 9.17) is 0 Å². The van der Waals surface area contributed by atoms with Crippen LogP contribution in [0.3, 0.4) is 0 Å². The Morgan fingerprint density at radius 2 is 2.07 bits per heavy atom. The molecule has 86 valence electrons. The van der Waals surface area contributed by atoms with Crippen molar-refractivity contribution < 1.29 is 5.11 Å². The van der Waals surface area contributed by atoms with E-state index in [2.05, 4.69) is 25.3 Å². The van der Waals surface area contributed by atoms with E-state index in [0.717, 1.165) is 25.8 Å². The van der Waals surface area contributed by atoms with Crippen molar-refractivity contribution in [3.8, 4) is 0 Å². The van der Waals surface area contributed by atoms with E-state index in [1.54, 1.807) is 0 Å². The maximum atomic E-state index is 10.2. The van der Waals surface area contributed by atoms with Crippen molar-refractivity contribution in [2.45, 2.75) is 57.6 Å². The van der Waals surface area contributed by atoms with Crippen molar-refractivity contribution in [2.24, 2.45) is 5.92 Å². The molecule has 0 bridgehead atoms. The Morgan fingerprint density at radius 1 is 1.40 bits per heavy atom. The Bertz CT molecular complexity index is 253. The molecule has 0 aromatic heterocycles. The van der Waals surface area contributed by atoms with E-state index in [0.29, 0.717) is 12.0 Å². The Balaban J connectivity index is 1.90. The maximum Gasteiger partial charge on any atom is 0.0709 e. The molecular weight excluding hydrogens is 186 g/mol. The maximum absolute atomic E-state index is 10.2. The lowest BCUT2D eigenvalue weighted by Gasteiger charge is -2.53. The van der Waals surface area contributed by atoms with Gasteiger partial charge in [-0.25, -0.2) is 0 Å². The van der Waals surface area contributed by atoms with Crippen LogP contribution in [0.2, 0.25) is 0 Å². The molecule has 0 radical (unpaired) electrons. The quantitative estimate of drug-likeness (QED) is 0.755. The van der Waals surface area contributed by atoms with Crippen molar-refractivity contribution in [3.05, 3.63) is 12.3 Å². The summed E-state index contributed by atoms with van der Waals surface area (Å²) in [7, 11) is 0. The first kappa shape index (κ1) is 11.0. The van der Waals surface area contributed by atoms with Gasteiger partial charge in [0.2, 0.25) is 0 Å². The van der Waals surface area contributed by atoms with Crippen LogP contribution in [0.4, 0.5) is 0 Å². The zero-order valence-corrected chi connectivity index (χ0v) is 10.00. The van der Waals surface area contributed by atoms with Gasteiger partial charge >= 0.3 is 0 Å². The molecule has 2 aliphatic rings. The summed E-state index contributed by atoms with van der Waals surface area (Å²) in [4.78, 5) is 2.43. The number of aliphatic hydroxyl groups is 1. The summed E-state index contributed by atoms with van der Waals surface area (Å²) in [6.45, 7) is 9.51. The largest absolute Gasteiger partial charge is 0.389 e. The Morgan fingerprint density at radius 3 is 2.60 bits per heavy atom. The molecule has 0 unspecified atom stereocenters. The normalized spacial score (nSPS) is 36.9. The van der Waals surface area contributed by atoms with E-state index < -0.39 is 5.60 Å². The molecule has 2 nitrogen and oxygen atoms in total. The molecular formula is C13H23NO. The van der Waals surface area contributed by atoms with Gasteiger partial charge in [-0.3, -0.25) is 0 Å². The van der Waals surface area contributed by atoms with Crippen LogP contribution < -0.4 is 0 Å². The number of likely N-dealkylation sites (tertiary alicyclic amines) is 1. The van der Waals surface area contributed by atoms with E-state index in [9.17, 15) is 5.11 Å². The van der Waals surface area contributed by atoms with Gasteiger partial charge in [0.1, 0.15) is 0 Å². The lowest BCUT2D eigenvalue weighted by atomic mass is 9.68. The van der Waals surface area contributed by atoms with Gasteiger partial charge in [-0.05, 0) is 38.0 Å². The molecule has 15 heavy (non-hydrogen) atoms. The monoisotopic (exact) mass is 209 g/mol. The second-order valence-corrected chi connectivity index (χ2v) is 5.54. The van der Waals surface area contributed by atoms with Crippen molar-refractivity contribution in [1.82, 2.24) is 4.90 Å². The van der Waals surface area contributed by atoms with Gasteiger partial charge in [-0.2, -0.15) is 0 Å². The number of piperidine rings is 1. The van der Waals surface area contributed by atoms with Gasteiger partial charge in [0.25, 0.3) is 0 Å². The molecule has 1 aliphatic carbocycles. The highest BCUT2D eigenvalue weighted by Crippen LogP contribution is 2.43. The van der Waals surface area contributed by atoms with Crippen LogP contribution >= 0.6 is 0 Å². The SMILES string of the molecule is C=C1CCCCN1C1CC(O)(C(C)C)C1. The first-order valence-electron chi connectivity index (χ1n) is 6.20. The van der Waals surface area contributed by atoms with Crippen LogP contribution in [0.15, 0.2) is 12.3 Å². The third kappa shape index (κ3) is 1.92. The summed E-state index contributed by atoms with van der Waals surface area (Å²) in [5.41, 5.74) is 0.889. The van der Waals surface area contributed by atoms with Crippen molar-refractivity contribution >= 4 is 0 Å². The highest BCUT2D eigenvalue weighted by Gasteiger charge is 2.47. The highest BCUT2D eigenvalue weighted by molar-refractivity contribution is 5.08. The summed E-state index contributed by atoms with van der Waals surface area (Å²) in [5.74, 6) is 0.381. The van der Waals surface area contributed by atoms with Crippen LogP contribution in [-0.4, -0.2) is 28.2 Å². The average Bonchev–Trinajstić information content (AvgIpc) is 2.14. The summed E-state index contributed by atoms with van der Waals surface area (Å²) in [6.07, 6.45) is 5.59. The fraction of sp³-hybridized carbons (Fsp3) is 0.846. The number of rotatable bonds is 2. The summed E-state index contributed by atoms with van der Waals surface area (Å²) in [5, 5.41) is 10.2. The van der Waals surface area contributed by atoms with Crippen LogP contribution in [0.1, 0.15) is 46.0 Å². The Labute approximate surface area is 93.0 Å². The first-order valence-corrected chi connectivity index (χ1v) is 6.20. The van der Waals surface area contributed by atoms with E-state index in [1.807, 2.05) is 0 Å².